The Hall–Kier alpha value is -3.26. The molecule has 8 nitrogen and oxygen atoms in total. The minimum Gasteiger partial charge on any atom is -0.494 e. The highest BCUT2D eigenvalue weighted by Crippen LogP contribution is 2.29. The molecule has 188 valence electrons. The molecule has 0 radical (unpaired) electrons. The van der Waals surface area contributed by atoms with E-state index in [1.165, 1.54) is 0 Å². The van der Waals surface area contributed by atoms with E-state index in [1.807, 2.05) is 31.2 Å². The highest BCUT2D eigenvalue weighted by molar-refractivity contribution is 6.04. The molecule has 1 atom stereocenters. The summed E-state index contributed by atoms with van der Waals surface area (Å²) < 4.78 is 11.1. The summed E-state index contributed by atoms with van der Waals surface area (Å²) in [6, 6.07) is 12.4. The molecule has 0 bridgehead atoms. The maximum absolute atomic E-state index is 13.2. The van der Waals surface area contributed by atoms with E-state index in [0.29, 0.717) is 36.0 Å². The predicted octanol–water partition coefficient (Wildman–Crippen LogP) is 4.87. The maximum Gasteiger partial charge on any atom is 0.323 e. The van der Waals surface area contributed by atoms with E-state index in [1.54, 1.807) is 18.2 Å². The van der Waals surface area contributed by atoms with Crippen molar-refractivity contribution in [2.75, 3.05) is 48.4 Å². The van der Waals surface area contributed by atoms with E-state index in [2.05, 4.69) is 27.8 Å². The summed E-state index contributed by atoms with van der Waals surface area (Å²) >= 11 is 0. The van der Waals surface area contributed by atoms with E-state index >= 15 is 0 Å². The number of amides is 3. The van der Waals surface area contributed by atoms with Crippen LogP contribution in [-0.4, -0.2) is 50.9 Å². The number of rotatable bonds is 8. The molecule has 4 rings (SSSR count). The Kier molecular flexibility index (Phi) is 8.47. The molecule has 2 fully saturated rings. The van der Waals surface area contributed by atoms with Gasteiger partial charge in [0.15, 0.2) is 0 Å². The molecule has 0 unspecified atom stereocenters. The van der Waals surface area contributed by atoms with Crippen LogP contribution in [0.2, 0.25) is 0 Å². The zero-order valence-corrected chi connectivity index (χ0v) is 20.6. The van der Waals surface area contributed by atoms with Crippen molar-refractivity contribution in [1.29, 1.82) is 0 Å². The Morgan fingerprint density at radius 3 is 2.43 bits per heavy atom. The van der Waals surface area contributed by atoms with Crippen molar-refractivity contribution in [1.82, 2.24) is 5.32 Å². The third-order valence-corrected chi connectivity index (χ3v) is 6.56. The Morgan fingerprint density at radius 2 is 1.74 bits per heavy atom. The molecule has 3 amide bonds. The van der Waals surface area contributed by atoms with E-state index in [9.17, 15) is 9.59 Å². The average molecular weight is 481 g/mol. The largest absolute Gasteiger partial charge is 0.494 e. The predicted molar refractivity (Wildman–Crippen MR) is 139 cm³/mol. The molecular weight excluding hydrogens is 444 g/mol. The first-order valence-electron chi connectivity index (χ1n) is 12.6. The first kappa shape index (κ1) is 24.9. The molecule has 2 aromatic rings. The van der Waals surface area contributed by atoms with Gasteiger partial charge < -0.3 is 30.3 Å². The van der Waals surface area contributed by atoms with Crippen LogP contribution in [0.15, 0.2) is 42.5 Å². The molecule has 2 aromatic carbocycles. The zero-order chi connectivity index (χ0) is 24.6. The number of carbonyl (C=O) groups excluding carboxylic acids is 2. The highest BCUT2D eigenvalue weighted by Gasteiger charge is 2.23. The number of hydrogen-bond donors (Lipinski definition) is 3. The fraction of sp³-hybridized carbons (Fsp3) is 0.481. The number of nitrogens with zero attached hydrogens (tertiary/aromatic N) is 1. The summed E-state index contributed by atoms with van der Waals surface area (Å²) in [4.78, 5) is 28.1. The average Bonchev–Trinajstić information content (AvgIpc) is 3.38. The number of ether oxygens (including phenoxy) is 2. The number of benzene rings is 2. The van der Waals surface area contributed by atoms with Crippen LogP contribution in [0.1, 0.15) is 49.9 Å². The van der Waals surface area contributed by atoms with Crippen molar-refractivity contribution in [3.05, 3.63) is 48.0 Å². The summed E-state index contributed by atoms with van der Waals surface area (Å²) in [7, 11) is 0. The maximum atomic E-state index is 13.2. The topological polar surface area (TPSA) is 91.9 Å². The van der Waals surface area contributed by atoms with E-state index in [0.717, 1.165) is 56.8 Å². The standard InChI is InChI=1S/C27H36N4O4/c1-3-34-22-9-6-20(7-10-22)29-27(33)30-21-8-11-25(31-14-12-19(2)13-15-31)24(17-21)26(32)28-18-23-5-4-16-35-23/h6-11,17,19,23H,3-5,12-16,18H2,1-2H3,(H,28,32)(H2,29,30,33)/t23-/m0/s1. The van der Waals surface area contributed by atoms with Gasteiger partial charge in [0.2, 0.25) is 0 Å². The van der Waals surface area contributed by atoms with Crippen LogP contribution in [0.5, 0.6) is 5.75 Å². The van der Waals surface area contributed by atoms with Crippen molar-refractivity contribution >= 4 is 29.0 Å². The van der Waals surface area contributed by atoms with Gasteiger partial charge in [-0.3, -0.25) is 4.79 Å². The van der Waals surface area contributed by atoms with Gasteiger partial charge in [0.1, 0.15) is 5.75 Å². The van der Waals surface area contributed by atoms with E-state index in [4.69, 9.17) is 9.47 Å². The monoisotopic (exact) mass is 480 g/mol. The fourth-order valence-corrected chi connectivity index (χ4v) is 4.52. The molecule has 0 saturated carbocycles. The second-order valence-corrected chi connectivity index (χ2v) is 9.28. The molecule has 35 heavy (non-hydrogen) atoms. The minimum absolute atomic E-state index is 0.0689. The molecule has 0 aromatic heterocycles. The summed E-state index contributed by atoms with van der Waals surface area (Å²) in [5, 5.41) is 8.71. The number of urea groups is 1. The van der Waals surface area contributed by atoms with Crippen LogP contribution in [-0.2, 0) is 4.74 Å². The summed E-state index contributed by atoms with van der Waals surface area (Å²) in [6.07, 6.45) is 4.26. The Bertz CT molecular complexity index is 997. The molecule has 2 saturated heterocycles. The third kappa shape index (κ3) is 6.88. The molecule has 2 aliphatic heterocycles. The van der Waals surface area contributed by atoms with Crippen molar-refractivity contribution in [2.24, 2.45) is 5.92 Å². The van der Waals surface area contributed by atoms with Gasteiger partial charge in [-0.1, -0.05) is 6.92 Å². The molecular formula is C27H36N4O4. The Balaban J connectivity index is 1.46. The Labute approximate surface area is 207 Å². The lowest BCUT2D eigenvalue weighted by molar-refractivity contribution is 0.0858. The minimum atomic E-state index is -0.376. The summed E-state index contributed by atoms with van der Waals surface area (Å²) in [5.41, 5.74) is 2.68. The van der Waals surface area contributed by atoms with Crippen LogP contribution < -0.4 is 25.6 Å². The molecule has 0 spiro atoms. The van der Waals surface area contributed by atoms with Crippen LogP contribution >= 0.6 is 0 Å². The third-order valence-electron chi connectivity index (χ3n) is 6.56. The molecule has 3 N–H and O–H groups in total. The SMILES string of the molecule is CCOc1ccc(NC(=O)Nc2ccc(N3CCC(C)CC3)c(C(=O)NC[C@@H]3CCCO3)c2)cc1. The van der Waals surface area contributed by atoms with Crippen molar-refractivity contribution < 1.29 is 19.1 Å². The highest BCUT2D eigenvalue weighted by atomic mass is 16.5. The summed E-state index contributed by atoms with van der Waals surface area (Å²) in [6.45, 7) is 7.85. The van der Waals surface area contributed by atoms with Gasteiger partial charge in [0, 0.05) is 43.3 Å². The van der Waals surface area contributed by atoms with Crippen molar-refractivity contribution in [2.45, 2.75) is 45.6 Å². The molecule has 2 heterocycles. The van der Waals surface area contributed by atoms with Crippen molar-refractivity contribution in [3.63, 3.8) is 0 Å². The van der Waals surface area contributed by atoms with Gasteiger partial charge in [-0.25, -0.2) is 4.79 Å². The molecule has 0 aliphatic carbocycles. The number of nitrogens with one attached hydrogen (secondary N) is 3. The van der Waals surface area contributed by atoms with Gasteiger partial charge in [0.25, 0.3) is 5.91 Å². The first-order chi connectivity index (χ1) is 17.0. The second kappa shape index (κ2) is 11.9. The quantitative estimate of drug-likeness (QED) is 0.501. The number of anilines is 3. The van der Waals surface area contributed by atoms with Gasteiger partial charge in [0.05, 0.1) is 18.3 Å². The van der Waals surface area contributed by atoms with E-state index < -0.39 is 0 Å². The molecule has 2 aliphatic rings. The summed E-state index contributed by atoms with van der Waals surface area (Å²) in [5.74, 6) is 1.29. The normalized spacial score (nSPS) is 18.2. The fourth-order valence-electron chi connectivity index (χ4n) is 4.52. The number of carbonyl (C=O) groups is 2. The van der Waals surface area contributed by atoms with E-state index in [-0.39, 0.29) is 18.0 Å². The van der Waals surface area contributed by atoms with Crippen LogP contribution in [0, 0.1) is 5.92 Å². The zero-order valence-electron chi connectivity index (χ0n) is 20.6. The van der Waals surface area contributed by atoms with Crippen LogP contribution in [0.3, 0.4) is 0 Å². The lowest BCUT2D eigenvalue weighted by atomic mass is 9.97. The molecule has 8 heteroatoms. The lowest BCUT2D eigenvalue weighted by Gasteiger charge is -2.33. The van der Waals surface area contributed by atoms with Crippen LogP contribution in [0.4, 0.5) is 21.9 Å². The van der Waals surface area contributed by atoms with Gasteiger partial charge in [-0.05, 0) is 81.0 Å². The second-order valence-electron chi connectivity index (χ2n) is 9.28. The van der Waals surface area contributed by atoms with Crippen molar-refractivity contribution in [3.8, 4) is 5.75 Å². The number of hydrogen-bond acceptors (Lipinski definition) is 5. The first-order valence-corrected chi connectivity index (χ1v) is 12.6. The number of piperidine rings is 1. The van der Waals surface area contributed by atoms with Crippen LogP contribution in [0.25, 0.3) is 0 Å². The smallest absolute Gasteiger partial charge is 0.323 e. The van der Waals surface area contributed by atoms with Gasteiger partial charge >= 0.3 is 6.03 Å². The van der Waals surface area contributed by atoms with Gasteiger partial charge in [-0.2, -0.15) is 0 Å². The Morgan fingerprint density at radius 1 is 1.03 bits per heavy atom. The van der Waals surface area contributed by atoms with Gasteiger partial charge in [-0.15, -0.1) is 0 Å². The lowest BCUT2D eigenvalue weighted by Crippen LogP contribution is -2.36.